The predicted octanol–water partition coefficient (Wildman–Crippen LogP) is 1.95. The highest BCUT2D eigenvalue weighted by Crippen LogP contribution is 2.31. The molecule has 0 aliphatic rings. The van der Waals surface area contributed by atoms with Gasteiger partial charge in [0, 0.05) is 44.2 Å². The average Bonchev–Trinajstić information content (AvgIpc) is 2.94. The number of benzene rings is 2. The molecule has 41 heavy (non-hydrogen) atoms. The van der Waals surface area contributed by atoms with Crippen molar-refractivity contribution in [3.63, 3.8) is 0 Å². The number of aromatic nitrogens is 1. The van der Waals surface area contributed by atoms with Crippen LogP contribution >= 0.6 is 0 Å². The van der Waals surface area contributed by atoms with Crippen LogP contribution in [0.15, 0.2) is 60.8 Å². The zero-order chi connectivity index (χ0) is 30.0. The SMILES string of the molecule is NCCN(CCN)C(=O)C[C@H](N)C(=O)N[C@@H](CCc1ccccc1)C(=O)Cc1ccnc2cc(C(F)(F)F)ccc12. The maximum Gasteiger partial charge on any atom is 0.416 e. The maximum absolute atomic E-state index is 13.5. The van der Waals surface area contributed by atoms with E-state index in [-0.39, 0.29) is 62.6 Å². The summed E-state index contributed by atoms with van der Waals surface area (Å²) in [5.74, 6) is -1.40. The van der Waals surface area contributed by atoms with E-state index in [1.807, 2.05) is 30.3 Å². The first-order valence-electron chi connectivity index (χ1n) is 13.3. The number of rotatable bonds is 14. The molecule has 2 atom stereocenters. The number of hydrogen-bond acceptors (Lipinski definition) is 7. The molecule has 3 rings (SSSR count). The minimum Gasteiger partial charge on any atom is -0.345 e. The molecule has 0 aliphatic heterocycles. The normalized spacial score (nSPS) is 13.0. The van der Waals surface area contributed by atoms with Crippen LogP contribution in [0.3, 0.4) is 0 Å². The molecular formula is C29H35F3N6O3. The Balaban J connectivity index is 1.78. The van der Waals surface area contributed by atoms with Crippen molar-refractivity contribution in [3.05, 3.63) is 77.5 Å². The van der Waals surface area contributed by atoms with E-state index in [9.17, 15) is 27.6 Å². The van der Waals surface area contributed by atoms with Crippen LogP contribution in [0, 0.1) is 0 Å². The summed E-state index contributed by atoms with van der Waals surface area (Å²) in [7, 11) is 0. The second kappa shape index (κ2) is 14.7. The van der Waals surface area contributed by atoms with Gasteiger partial charge in [-0.05, 0) is 42.2 Å². The number of carbonyl (C=O) groups is 3. The third-order valence-corrected chi connectivity index (χ3v) is 6.68. The lowest BCUT2D eigenvalue weighted by atomic mass is 9.95. The van der Waals surface area contributed by atoms with Gasteiger partial charge in [0.2, 0.25) is 11.8 Å². The van der Waals surface area contributed by atoms with E-state index in [0.29, 0.717) is 17.4 Å². The van der Waals surface area contributed by atoms with E-state index in [2.05, 4.69) is 10.3 Å². The lowest BCUT2D eigenvalue weighted by Crippen LogP contribution is -2.51. The lowest BCUT2D eigenvalue weighted by Gasteiger charge is -2.24. The van der Waals surface area contributed by atoms with Gasteiger partial charge in [0.05, 0.1) is 29.6 Å². The number of nitrogens with two attached hydrogens (primary N) is 3. The number of hydrogen-bond donors (Lipinski definition) is 4. The Kier molecular flexibility index (Phi) is 11.3. The fourth-order valence-electron chi connectivity index (χ4n) is 4.48. The molecule has 12 heteroatoms. The molecule has 3 aromatic rings. The Labute approximate surface area is 236 Å². The monoisotopic (exact) mass is 572 g/mol. The van der Waals surface area contributed by atoms with E-state index in [0.717, 1.165) is 17.7 Å². The molecule has 220 valence electrons. The standard InChI is InChI=1S/C29H35F3N6O3/c30-29(31,32)21-7-8-22-20(10-13-36-25(22)17-21)16-26(39)24(9-6-19-4-2-1-3-5-19)37-28(41)23(35)18-27(40)38(14-11-33)15-12-34/h1-5,7-8,10,13,17,23-24H,6,9,11-12,14-16,18,33-35H2,(H,37,41)/t23-,24-/m0/s1. The summed E-state index contributed by atoms with van der Waals surface area (Å²) in [5.41, 5.74) is 17.9. The fourth-order valence-corrected chi connectivity index (χ4v) is 4.48. The Morgan fingerprint density at radius 2 is 1.66 bits per heavy atom. The van der Waals surface area contributed by atoms with Gasteiger partial charge in [0.15, 0.2) is 5.78 Å². The number of amides is 2. The number of nitrogens with zero attached hydrogens (tertiary/aromatic N) is 2. The van der Waals surface area contributed by atoms with Crippen LogP contribution in [-0.2, 0) is 33.4 Å². The highest BCUT2D eigenvalue weighted by Gasteiger charge is 2.31. The number of nitrogens with one attached hydrogen (secondary N) is 1. The molecule has 0 aliphatic carbocycles. The molecule has 2 amide bonds. The zero-order valence-corrected chi connectivity index (χ0v) is 22.6. The first kappa shape index (κ1) is 31.7. The molecule has 0 fully saturated rings. The summed E-state index contributed by atoms with van der Waals surface area (Å²) in [6.07, 6.45) is -2.90. The number of ketones is 1. The Morgan fingerprint density at radius 3 is 2.29 bits per heavy atom. The zero-order valence-electron chi connectivity index (χ0n) is 22.6. The first-order chi connectivity index (χ1) is 19.5. The number of Topliss-reactive ketones (excluding diaryl/α,β-unsaturated/α-hetero) is 1. The van der Waals surface area contributed by atoms with Gasteiger partial charge in [-0.25, -0.2) is 0 Å². The lowest BCUT2D eigenvalue weighted by molar-refractivity contribution is -0.137. The minimum absolute atomic E-state index is 0.107. The molecule has 0 radical (unpaired) electrons. The van der Waals surface area contributed by atoms with E-state index in [4.69, 9.17) is 17.2 Å². The van der Waals surface area contributed by atoms with Crippen molar-refractivity contribution in [1.82, 2.24) is 15.2 Å². The van der Waals surface area contributed by atoms with Gasteiger partial charge < -0.3 is 27.4 Å². The van der Waals surface area contributed by atoms with E-state index >= 15 is 0 Å². The summed E-state index contributed by atoms with van der Waals surface area (Å²) in [4.78, 5) is 44.6. The molecule has 0 spiro atoms. The van der Waals surface area contributed by atoms with E-state index in [1.165, 1.54) is 17.2 Å². The van der Waals surface area contributed by atoms with Gasteiger partial charge in [-0.1, -0.05) is 36.4 Å². The van der Waals surface area contributed by atoms with Crippen molar-refractivity contribution in [3.8, 4) is 0 Å². The number of aryl methyl sites for hydroxylation is 1. The Morgan fingerprint density at radius 1 is 0.976 bits per heavy atom. The Hall–Kier alpha value is -3.87. The molecule has 0 saturated carbocycles. The molecule has 1 heterocycles. The number of pyridine rings is 1. The summed E-state index contributed by atoms with van der Waals surface area (Å²) in [6, 6.07) is 11.9. The smallest absolute Gasteiger partial charge is 0.345 e. The van der Waals surface area contributed by atoms with Crippen LogP contribution in [0.2, 0.25) is 0 Å². The number of carbonyl (C=O) groups excluding carboxylic acids is 3. The second-order valence-corrected chi connectivity index (χ2v) is 9.70. The van der Waals surface area contributed by atoms with E-state index < -0.39 is 29.7 Å². The summed E-state index contributed by atoms with van der Waals surface area (Å²) < 4.78 is 39.5. The molecule has 9 nitrogen and oxygen atoms in total. The average molecular weight is 573 g/mol. The van der Waals surface area contributed by atoms with Crippen LogP contribution in [0.1, 0.15) is 29.5 Å². The van der Waals surface area contributed by atoms with Gasteiger partial charge in [-0.2, -0.15) is 13.2 Å². The number of halogens is 3. The largest absolute Gasteiger partial charge is 0.416 e. The summed E-state index contributed by atoms with van der Waals surface area (Å²) in [6.45, 7) is 0.995. The molecule has 7 N–H and O–H groups in total. The predicted molar refractivity (Wildman–Crippen MR) is 149 cm³/mol. The third kappa shape index (κ3) is 9.07. The van der Waals surface area contributed by atoms with Crippen LogP contribution in [0.25, 0.3) is 10.9 Å². The van der Waals surface area contributed by atoms with Crippen molar-refractivity contribution in [2.45, 2.75) is 43.9 Å². The third-order valence-electron chi connectivity index (χ3n) is 6.68. The quantitative estimate of drug-likeness (QED) is 0.230. The number of alkyl halides is 3. The second-order valence-electron chi connectivity index (χ2n) is 9.70. The number of fused-ring (bicyclic) bond motifs is 1. The van der Waals surface area contributed by atoms with Crippen molar-refractivity contribution in [2.75, 3.05) is 26.2 Å². The van der Waals surface area contributed by atoms with Crippen molar-refractivity contribution in [2.24, 2.45) is 17.2 Å². The van der Waals surface area contributed by atoms with Crippen molar-refractivity contribution < 1.29 is 27.6 Å². The van der Waals surface area contributed by atoms with Crippen LogP contribution in [0.5, 0.6) is 0 Å². The fraction of sp³-hybridized carbons (Fsp3) is 0.379. The summed E-state index contributed by atoms with van der Waals surface area (Å²) >= 11 is 0. The van der Waals surface area contributed by atoms with Gasteiger partial charge in [-0.15, -0.1) is 0 Å². The molecule has 1 aromatic heterocycles. The minimum atomic E-state index is -4.53. The maximum atomic E-state index is 13.5. The summed E-state index contributed by atoms with van der Waals surface area (Å²) in [5, 5.41) is 3.10. The molecule has 0 unspecified atom stereocenters. The van der Waals surface area contributed by atoms with Gasteiger partial charge in [0.1, 0.15) is 0 Å². The van der Waals surface area contributed by atoms with E-state index in [1.54, 1.807) is 6.07 Å². The van der Waals surface area contributed by atoms with Crippen LogP contribution in [0.4, 0.5) is 13.2 Å². The molecular weight excluding hydrogens is 537 g/mol. The molecule has 0 bridgehead atoms. The Bertz CT molecular complexity index is 1330. The topological polar surface area (TPSA) is 157 Å². The van der Waals surface area contributed by atoms with Crippen molar-refractivity contribution >= 4 is 28.5 Å². The molecule has 0 saturated heterocycles. The van der Waals surface area contributed by atoms with Gasteiger partial charge in [0.25, 0.3) is 0 Å². The highest BCUT2D eigenvalue weighted by molar-refractivity contribution is 5.95. The van der Waals surface area contributed by atoms with Crippen LogP contribution < -0.4 is 22.5 Å². The van der Waals surface area contributed by atoms with Gasteiger partial charge in [-0.3, -0.25) is 19.4 Å². The van der Waals surface area contributed by atoms with Crippen molar-refractivity contribution in [1.29, 1.82) is 0 Å². The first-order valence-corrected chi connectivity index (χ1v) is 13.3. The van der Waals surface area contributed by atoms with Gasteiger partial charge >= 0.3 is 6.18 Å². The molecule has 2 aromatic carbocycles. The highest BCUT2D eigenvalue weighted by atomic mass is 19.4. The van der Waals surface area contributed by atoms with Crippen LogP contribution in [-0.4, -0.2) is 65.7 Å².